The monoisotopic (exact) mass is 514 g/mol. The highest BCUT2D eigenvalue weighted by Gasteiger charge is 2.43. The van der Waals surface area contributed by atoms with Gasteiger partial charge in [-0.25, -0.2) is 13.4 Å². The zero-order valence-corrected chi connectivity index (χ0v) is 21.3. The molecule has 2 aromatic carbocycles. The standard InChI is InChI=1S/C28H26N4O2S2/c33-36(34,26-7-4-12-35-26)18-20-8-9-24-23(13-20)27-25(10-11-29-28(27)30-24)32-17-21-14-22(32)16-31(21)15-19-5-2-1-3-6-19/h1-13,21-22H,14-18H2,(H,29,30). The molecule has 0 amide bonds. The van der Waals surface area contributed by atoms with E-state index < -0.39 is 9.84 Å². The minimum Gasteiger partial charge on any atom is -0.365 e. The predicted molar refractivity (Wildman–Crippen MR) is 145 cm³/mol. The van der Waals surface area contributed by atoms with Crippen molar-refractivity contribution in [1.29, 1.82) is 0 Å². The molecule has 36 heavy (non-hydrogen) atoms. The first-order chi connectivity index (χ1) is 17.5. The number of likely N-dealkylation sites (tertiary alicyclic amines) is 1. The normalized spacial score (nSPS) is 20.2. The highest BCUT2D eigenvalue weighted by Crippen LogP contribution is 2.40. The van der Waals surface area contributed by atoms with Gasteiger partial charge in [-0.15, -0.1) is 11.3 Å². The summed E-state index contributed by atoms with van der Waals surface area (Å²) < 4.78 is 26.2. The number of H-pyrrole nitrogens is 1. The number of benzene rings is 2. The van der Waals surface area contributed by atoms with Crippen LogP contribution in [0.4, 0.5) is 5.69 Å². The minimum absolute atomic E-state index is 0.00538. The molecule has 2 atom stereocenters. The van der Waals surface area contributed by atoms with Gasteiger partial charge in [0.2, 0.25) is 0 Å². The van der Waals surface area contributed by atoms with Gasteiger partial charge < -0.3 is 9.88 Å². The van der Waals surface area contributed by atoms with Crippen LogP contribution in [0.5, 0.6) is 0 Å². The van der Waals surface area contributed by atoms with Gasteiger partial charge in [-0.1, -0.05) is 42.5 Å². The summed E-state index contributed by atoms with van der Waals surface area (Å²) in [5.41, 5.74) is 5.19. The third kappa shape index (κ3) is 3.72. The van der Waals surface area contributed by atoms with E-state index in [0.717, 1.165) is 47.1 Å². The molecule has 182 valence electrons. The molecule has 8 heteroatoms. The number of aromatic amines is 1. The molecule has 2 aliphatic heterocycles. The Balaban J connectivity index is 1.21. The van der Waals surface area contributed by atoms with Crippen molar-refractivity contribution in [3.8, 4) is 0 Å². The van der Waals surface area contributed by atoms with E-state index in [-0.39, 0.29) is 5.75 Å². The Morgan fingerprint density at radius 1 is 0.972 bits per heavy atom. The Morgan fingerprint density at radius 3 is 2.64 bits per heavy atom. The molecule has 0 aliphatic carbocycles. The molecule has 5 aromatic rings. The van der Waals surface area contributed by atoms with E-state index in [0.29, 0.717) is 16.3 Å². The first kappa shape index (κ1) is 22.0. The van der Waals surface area contributed by atoms with E-state index >= 15 is 0 Å². The average molecular weight is 515 g/mol. The number of sulfone groups is 1. The van der Waals surface area contributed by atoms with Crippen molar-refractivity contribution >= 4 is 48.8 Å². The van der Waals surface area contributed by atoms with E-state index in [2.05, 4.69) is 56.2 Å². The van der Waals surface area contributed by atoms with Crippen molar-refractivity contribution in [3.63, 3.8) is 0 Å². The van der Waals surface area contributed by atoms with Crippen molar-refractivity contribution in [2.45, 2.75) is 35.0 Å². The Labute approximate surface area is 214 Å². The summed E-state index contributed by atoms with van der Waals surface area (Å²) in [4.78, 5) is 13.2. The molecule has 0 spiro atoms. The number of piperazine rings is 1. The van der Waals surface area contributed by atoms with Gasteiger partial charge in [0, 0.05) is 54.2 Å². The molecule has 3 aromatic heterocycles. The lowest BCUT2D eigenvalue weighted by Gasteiger charge is -2.36. The lowest BCUT2D eigenvalue weighted by atomic mass is 10.1. The molecule has 2 aliphatic rings. The van der Waals surface area contributed by atoms with Gasteiger partial charge >= 0.3 is 0 Å². The summed E-state index contributed by atoms with van der Waals surface area (Å²) in [6.45, 7) is 3.04. The van der Waals surface area contributed by atoms with Crippen LogP contribution in [0.15, 0.2) is 82.5 Å². The number of rotatable bonds is 6. The smallest absolute Gasteiger partial charge is 0.191 e. The lowest BCUT2D eigenvalue weighted by molar-refractivity contribution is 0.230. The zero-order chi connectivity index (χ0) is 24.3. The number of hydrogen-bond donors (Lipinski definition) is 1. The summed E-state index contributed by atoms with van der Waals surface area (Å²) in [6, 6.07) is 23.2. The first-order valence-electron chi connectivity index (χ1n) is 12.3. The minimum atomic E-state index is -3.36. The Bertz CT molecular complexity index is 1660. The van der Waals surface area contributed by atoms with Crippen molar-refractivity contribution in [3.05, 3.63) is 89.4 Å². The zero-order valence-electron chi connectivity index (χ0n) is 19.7. The van der Waals surface area contributed by atoms with Crippen LogP contribution in [0.25, 0.3) is 21.9 Å². The molecule has 0 radical (unpaired) electrons. The highest BCUT2D eigenvalue weighted by molar-refractivity contribution is 7.92. The summed E-state index contributed by atoms with van der Waals surface area (Å²) in [6.07, 6.45) is 3.05. The fraction of sp³-hybridized carbons (Fsp3) is 0.250. The molecule has 1 N–H and O–H groups in total. The number of hydrogen-bond acceptors (Lipinski definition) is 6. The summed E-state index contributed by atoms with van der Waals surface area (Å²) in [7, 11) is -3.36. The van der Waals surface area contributed by atoms with Crippen molar-refractivity contribution in [2.75, 3.05) is 18.0 Å². The van der Waals surface area contributed by atoms with Crippen molar-refractivity contribution in [2.24, 2.45) is 0 Å². The Kier molecular flexibility index (Phi) is 5.16. The number of fused-ring (bicyclic) bond motifs is 5. The van der Waals surface area contributed by atoms with Gasteiger partial charge in [-0.05, 0) is 47.2 Å². The Morgan fingerprint density at radius 2 is 1.86 bits per heavy atom. The molecule has 2 fully saturated rings. The molecular weight excluding hydrogens is 488 g/mol. The average Bonchev–Trinajstić information content (AvgIpc) is 3.67. The molecular formula is C28H26N4O2S2. The second-order valence-electron chi connectivity index (χ2n) is 9.86. The Hall–Kier alpha value is -3.20. The number of thiophene rings is 1. The summed E-state index contributed by atoms with van der Waals surface area (Å²) in [5, 5.41) is 3.93. The van der Waals surface area contributed by atoms with Crippen LogP contribution in [0.2, 0.25) is 0 Å². The maximum absolute atomic E-state index is 12.9. The van der Waals surface area contributed by atoms with Crippen molar-refractivity contribution < 1.29 is 8.42 Å². The molecule has 7 rings (SSSR count). The maximum atomic E-state index is 12.9. The number of nitrogens with one attached hydrogen (secondary N) is 1. The van der Waals surface area contributed by atoms with Crippen LogP contribution in [0, 0.1) is 0 Å². The van der Waals surface area contributed by atoms with Gasteiger partial charge in [-0.2, -0.15) is 0 Å². The fourth-order valence-corrected chi connectivity index (χ4v) is 8.39. The SMILES string of the molecule is O=S(=O)(Cc1ccc2[nH]c3nccc(N4CC5CC4CN5Cc4ccccc4)c3c2c1)c1cccs1. The van der Waals surface area contributed by atoms with Gasteiger partial charge in [0.25, 0.3) is 0 Å². The number of pyridine rings is 1. The van der Waals surface area contributed by atoms with Crippen LogP contribution < -0.4 is 4.90 Å². The van der Waals surface area contributed by atoms with Gasteiger partial charge in [0.05, 0.1) is 11.4 Å². The fourth-order valence-electron chi connectivity index (χ4n) is 5.96. The quantitative estimate of drug-likeness (QED) is 0.337. The summed E-state index contributed by atoms with van der Waals surface area (Å²) >= 11 is 1.27. The third-order valence-electron chi connectivity index (χ3n) is 7.59. The second-order valence-corrected chi connectivity index (χ2v) is 13.0. The van der Waals surface area contributed by atoms with E-state index in [1.165, 1.54) is 29.0 Å². The van der Waals surface area contributed by atoms with Crippen molar-refractivity contribution in [1.82, 2.24) is 14.9 Å². The second kappa shape index (κ2) is 8.44. The lowest BCUT2D eigenvalue weighted by Crippen LogP contribution is -2.46. The van der Waals surface area contributed by atoms with Crippen LogP contribution in [0.1, 0.15) is 17.5 Å². The van der Waals surface area contributed by atoms with E-state index in [1.54, 1.807) is 17.5 Å². The van der Waals surface area contributed by atoms with Gasteiger partial charge in [-0.3, -0.25) is 4.90 Å². The van der Waals surface area contributed by atoms with Crippen LogP contribution in [0.3, 0.4) is 0 Å². The van der Waals surface area contributed by atoms with E-state index in [9.17, 15) is 8.42 Å². The largest absolute Gasteiger partial charge is 0.365 e. The molecule has 2 saturated heterocycles. The maximum Gasteiger partial charge on any atom is 0.191 e. The van der Waals surface area contributed by atoms with E-state index in [4.69, 9.17) is 0 Å². The predicted octanol–water partition coefficient (Wildman–Crippen LogP) is 5.21. The molecule has 2 bridgehead atoms. The molecule has 5 heterocycles. The molecule has 2 unspecified atom stereocenters. The first-order valence-corrected chi connectivity index (χ1v) is 14.8. The van der Waals surface area contributed by atoms with Crippen LogP contribution >= 0.6 is 11.3 Å². The van der Waals surface area contributed by atoms with Crippen LogP contribution in [-0.2, 0) is 22.1 Å². The summed E-state index contributed by atoms with van der Waals surface area (Å²) in [5.74, 6) is -0.00538. The van der Waals surface area contributed by atoms with Crippen LogP contribution in [-0.4, -0.2) is 48.5 Å². The number of nitrogens with zero attached hydrogens (tertiary/aromatic N) is 3. The topological polar surface area (TPSA) is 69.3 Å². The van der Waals surface area contributed by atoms with Gasteiger partial charge in [0.15, 0.2) is 9.84 Å². The third-order valence-corrected chi connectivity index (χ3v) is 10.8. The van der Waals surface area contributed by atoms with Gasteiger partial charge in [0.1, 0.15) is 9.86 Å². The highest BCUT2D eigenvalue weighted by atomic mass is 32.2. The number of aromatic nitrogens is 2. The molecule has 6 nitrogen and oxygen atoms in total. The molecule has 0 saturated carbocycles. The number of anilines is 1. The van der Waals surface area contributed by atoms with E-state index in [1.807, 2.05) is 24.4 Å².